The number of hydrogen-bond donors (Lipinski definition) is 1. The molecule has 0 unspecified atom stereocenters. The number of rotatable bonds is 7. The van der Waals surface area contributed by atoms with Gasteiger partial charge in [0.2, 0.25) is 6.47 Å². The predicted octanol–water partition coefficient (Wildman–Crippen LogP) is 4.24. The molecule has 0 aliphatic rings. The molecule has 0 aliphatic carbocycles. The predicted molar refractivity (Wildman–Crippen MR) is 133 cm³/mol. The summed E-state index contributed by atoms with van der Waals surface area (Å²) in [6, 6.07) is 10.5. The molecule has 0 atom stereocenters. The third kappa shape index (κ3) is 6.22. The number of nitrogens with one attached hydrogen (secondary N) is 1. The summed E-state index contributed by atoms with van der Waals surface area (Å²) < 4.78 is 217. The quantitative estimate of drug-likeness (QED) is 0.103. The van der Waals surface area contributed by atoms with Crippen LogP contribution in [0.1, 0.15) is 5.56 Å². The maximum Gasteiger partial charge on any atom is 0.267 e. The fourth-order valence-corrected chi connectivity index (χ4v) is 4.66. The van der Waals surface area contributed by atoms with E-state index in [2.05, 4.69) is 49.1 Å². The molecule has 0 spiro atoms. The molecule has 1 N–H and O–H groups in total. The Morgan fingerprint density at radius 2 is 0.745 bits per heavy atom. The summed E-state index contributed by atoms with van der Waals surface area (Å²) in [4.78, 5) is 12.7. The van der Waals surface area contributed by atoms with Crippen LogP contribution in [0.5, 0.6) is 0 Å². The van der Waals surface area contributed by atoms with Crippen LogP contribution in [0.4, 0.5) is 65.9 Å². The lowest BCUT2D eigenvalue weighted by molar-refractivity contribution is -0.872. The molecule has 47 heavy (non-hydrogen) atoms. The molecule has 4 rings (SSSR count). The molecule has 0 saturated carbocycles. The number of carbonyl (C=O) groups is 1. The summed E-state index contributed by atoms with van der Waals surface area (Å²) in [5.74, 6) is -48.1. The van der Waals surface area contributed by atoms with E-state index in [1.165, 1.54) is 10.5 Å². The van der Waals surface area contributed by atoms with E-state index in [9.17, 15) is 70.7 Å². The summed E-state index contributed by atoms with van der Waals surface area (Å²) >= 11 is 0. The van der Waals surface area contributed by atoms with E-state index in [1.807, 2.05) is 0 Å². The van der Waals surface area contributed by atoms with Gasteiger partial charge < -0.3 is 9.55 Å². The van der Waals surface area contributed by atoms with Crippen LogP contribution in [0.3, 0.4) is 0 Å². The molecule has 0 saturated heterocycles. The average Bonchev–Trinajstić information content (AvgIpc) is 3.03. The minimum absolute atomic E-state index is 1.11. The first kappa shape index (κ1) is 36.8. The number of carbonyl (C=O) groups excluding carboxylic acids is 1. The van der Waals surface area contributed by atoms with E-state index < -0.39 is 116 Å². The summed E-state index contributed by atoms with van der Waals surface area (Å²) in [6.45, 7) is -0.199. The lowest BCUT2D eigenvalue weighted by Crippen LogP contribution is -3.04. The van der Waals surface area contributed by atoms with Crippen LogP contribution in [-0.2, 0) is 16.0 Å². The van der Waals surface area contributed by atoms with Crippen molar-refractivity contribution in [2.24, 2.45) is 0 Å². The Morgan fingerprint density at radius 3 is 0.979 bits per heavy atom. The SMILES string of the molecule is C[NH+](C)Cc1ccccc1.O=CO[B-](c1c(F)c(F)c(F)c(F)c1F)(c1c(F)c(F)c(F)c(F)c1F)c1c(F)c(F)c(F)c(F)c1F. The fourth-order valence-electron chi connectivity index (χ4n) is 4.66. The first-order valence-electron chi connectivity index (χ1n) is 12.5. The normalized spacial score (nSPS) is 11.4. The Morgan fingerprint density at radius 1 is 0.489 bits per heavy atom. The summed E-state index contributed by atoms with van der Waals surface area (Å²) in [6.07, 6.45) is -6.27. The lowest BCUT2D eigenvalue weighted by Gasteiger charge is -2.42. The number of halogens is 15. The van der Waals surface area contributed by atoms with Gasteiger partial charge in [-0.1, -0.05) is 46.7 Å². The van der Waals surface area contributed by atoms with E-state index in [1.54, 1.807) is 0 Å². The highest BCUT2D eigenvalue weighted by Gasteiger charge is 2.50. The van der Waals surface area contributed by atoms with Gasteiger partial charge in [0, 0.05) is 5.56 Å². The number of quaternary nitrogens is 1. The first-order chi connectivity index (χ1) is 21.9. The topological polar surface area (TPSA) is 30.7 Å². The standard InChI is InChI=1S/C19HBF15O2.C9H13N/c21-5-2(6(22)12(28)17(33)11(5)27)20(37-1-36,3-7(23)13(29)18(34)14(30)8(3)24)4-9(25)15(31)19(35)16(32)10(4)26;1-10(2)8-9-6-4-3-5-7-9/h1H;3-7H,8H2,1-2H3/q-1;/p+1. The van der Waals surface area contributed by atoms with Crippen LogP contribution >= 0.6 is 0 Å². The van der Waals surface area contributed by atoms with E-state index in [0.29, 0.717) is 0 Å². The molecule has 0 amide bonds. The average molecular weight is 693 g/mol. The largest absolute Gasteiger partial charge is 0.678 e. The van der Waals surface area contributed by atoms with Crippen LogP contribution in [0.2, 0.25) is 0 Å². The maximum atomic E-state index is 14.8. The van der Waals surface area contributed by atoms with Gasteiger partial charge in [0.25, 0.3) is 6.35 Å². The van der Waals surface area contributed by atoms with Crippen LogP contribution in [0, 0.1) is 87.3 Å². The Balaban J connectivity index is 0.000000511. The highest BCUT2D eigenvalue weighted by atomic mass is 19.2. The van der Waals surface area contributed by atoms with Crippen molar-refractivity contribution in [3.8, 4) is 0 Å². The van der Waals surface area contributed by atoms with Crippen molar-refractivity contribution in [2.75, 3.05) is 14.1 Å². The van der Waals surface area contributed by atoms with Crippen molar-refractivity contribution in [2.45, 2.75) is 6.54 Å². The second-order valence-electron chi connectivity index (χ2n) is 9.84. The van der Waals surface area contributed by atoms with Crippen LogP contribution in [-0.4, -0.2) is 26.9 Å². The third-order valence-corrected chi connectivity index (χ3v) is 6.61. The molecule has 3 nitrogen and oxygen atoms in total. The minimum atomic E-state index is -6.27. The van der Waals surface area contributed by atoms with E-state index in [-0.39, 0.29) is 0 Å². The highest BCUT2D eigenvalue weighted by Crippen LogP contribution is 2.28. The molecule has 0 aromatic heterocycles. The second kappa shape index (κ2) is 14.0. The zero-order chi connectivity index (χ0) is 35.7. The van der Waals surface area contributed by atoms with E-state index in [4.69, 9.17) is 0 Å². The Kier molecular flexibility index (Phi) is 10.9. The van der Waals surface area contributed by atoms with Crippen LogP contribution < -0.4 is 21.3 Å². The molecule has 0 bridgehead atoms. The molecule has 0 heterocycles. The Hall–Kier alpha value is -4.68. The summed E-state index contributed by atoms with van der Waals surface area (Å²) in [5.41, 5.74) is -7.69. The molecular weight excluding hydrogens is 678 g/mol. The smallest absolute Gasteiger partial charge is 0.267 e. The zero-order valence-corrected chi connectivity index (χ0v) is 23.2. The minimum Gasteiger partial charge on any atom is -0.678 e. The molecule has 19 heteroatoms. The van der Waals surface area contributed by atoms with Gasteiger partial charge in [0.05, 0.1) is 14.1 Å². The molecule has 0 aliphatic heterocycles. The Labute approximate surface area is 253 Å². The maximum absolute atomic E-state index is 14.8. The van der Waals surface area contributed by atoms with Crippen molar-refractivity contribution >= 4 is 29.2 Å². The van der Waals surface area contributed by atoms with Gasteiger partial charge in [-0.3, -0.25) is 4.79 Å². The van der Waals surface area contributed by atoms with E-state index >= 15 is 0 Å². The van der Waals surface area contributed by atoms with Crippen LogP contribution in [0.25, 0.3) is 0 Å². The first-order valence-corrected chi connectivity index (χ1v) is 12.5. The van der Waals surface area contributed by atoms with Crippen molar-refractivity contribution in [3.05, 3.63) is 123 Å². The lowest BCUT2D eigenvalue weighted by atomic mass is 9.27. The fraction of sp³-hybridized carbons (Fsp3) is 0.107. The van der Waals surface area contributed by atoms with E-state index in [0.717, 1.165) is 6.54 Å². The van der Waals surface area contributed by atoms with Gasteiger partial charge in [0.1, 0.15) is 41.4 Å². The Bertz CT molecular complexity index is 1600. The van der Waals surface area contributed by atoms with Gasteiger partial charge in [-0.2, -0.15) is 0 Å². The molecule has 4 aromatic carbocycles. The van der Waals surface area contributed by atoms with Gasteiger partial charge in [-0.15, -0.1) is 0 Å². The van der Waals surface area contributed by atoms with Crippen LogP contribution in [0.15, 0.2) is 30.3 Å². The van der Waals surface area contributed by atoms with Crippen molar-refractivity contribution < 1.29 is 80.2 Å². The molecule has 252 valence electrons. The molecule has 0 fully saturated rings. The van der Waals surface area contributed by atoms with Gasteiger partial charge in [-0.05, 0) is 0 Å². The van der Waals surface area contributed by atoms with Crippen molar-refractivity contribution in [1.82, 2.24) is 0 Å². The van der Waals surface area contributed by atoms with Crippen molar-refractivity contribution in [3.63, 3.8) is 0 Å². The highest BCUT2D eigenvalue weighted by molar-refractivity contribution is 7.08. The number of benzene rings is 4. The third-order valence-electron chi connectivity index (χ3n) is 6.61. The van der Waals surface area contributed by atoms with Gasteiger partial charge in [-0.25, -0.2) is 65.9 Å². The second-order valence-corrected chi connectivity index (χ2v) is 9.84. The van der Waals surface area contributed by atoms with Gasteiger partial charge >= 0.3 is 0 Å². The van der Waals surface area contributed by atoms with Gasteiger partial charge in [0.15, 0.2) is 52.4 Å². The molecule has 0 radical (unpaired) electrons. The van der Waals surface area contributed by atoms with Crippen molar-refractivity contribution in [1.29, 1.82) is 0 Å². The monoisotopic (exact) mass is 693 g/mol. The number of hydrogen-bond acceptors (Lipinski definition) is 2. The molecule has 4 aromatic rings. The zero-order valence-electron chi connectivity index (χ0n) is 23.2. The summed E-state index contributed by atoms with van der Waals surface area (Å²) in [7, 11) is 4.32. The molecular formula is C28H15BF15NO2. The summed E-state index contributed by atoms with van der Waals surface area (Å²) in [5, 5.41) is 0.